The molecule has 2 heterocycles. The molecule has 12 aromatic rings. The van der Waals surface area contributed by atoms with Gasteiger partial charge in [0.2, 0.25) is 0 Å². The molecule has 2 atom stereocenters. The first-order valence-corrected chi connectivity index (χ1v) is 24.1. The molecule has 0 aliphatic heterocycles. The van der Waals surface area contributed by atoms with Crippen LogP contribution in [0.5, 0.6) is 0 Å². The summed E-state index contributed by atoms with van der Waals surface area (Å²) < 4.78 is 13.4. The quantitative estimate of drug-likeness (QED) is 0.145. The second kappa shape index (κ2) is 16.3. The Labute approximate surface area is 406 Å². The number of hydrogen-bond donors (Lipinski definition) is 0. The van der Waals surface area contributed by atoms with Gasteiger partial charge in [-0.05, 0) is 118 Å². The molecule has 0 amide bonds. The summed E-state index contributed by atoms with van der Waals surface area (Å²) in [5, 5.41) is 2.27. The summed E-state index contributed by atoms with van der Waals surface area (Å²) in [4.78, 5) is 4.69. The lowest BCUT2D eigenvalue weighted by Crippen LogP contribution is -2.10. The van der Waals surface area contributed by atoms with Crippen LogP contribution >= 0.6 is 0 Å². The lowest BCUT2D eigenvalue weighted by Gasteiger charge is -2.26. The summed E-state index contributed by atoms with van der Waals surface area (Å²) in [7, 11) is 0. The molecule has 0 fully saturated rings. The van der Waals surface area contributed by atoms with E-state index < -0.39 is 0 Å². The van der Waals surface area contributed by atoms with Crippen LogP contribution in [-0.4, -0.2) is 0 Å². The lowest BCUT2D eigenvalue weighted by molar-refractivity contribution is 0.630. The second-order valence-electron chi connectivity index (χ2n) is 18.3. The van der Waals surface area contributed by atoms with E-state index >= 15 is 0 Å². The van der Waals surface area contributed by atoms with Gasteiger partial charge in [-0.1, -0.05) is 170 Å². The standard InChI is InChI=1S/C66H44N2O2/c1-5-17-45(18-6-1)61-53-25-13-15-27-55(53)65-63(61)57-41-51(37-39-59(57)69-65)67(47-21-9-3-10-22-47)49-33-29-43(30-34-49)44-31-35-50(36-32-44)68(48-23-11-4-12-24-48)52-38-40-60-58(42-52)64-62(46-19-7-2-8-20-46)54-26-14-16-28-56(54)66(64)70-60/h1-42,61-62H. The fourth-order valence-electron chi connectivity index (χ4n) is 11.3. The minimum absolute atomic E-state index is 0.0893. The van der Waals surface area contributed by atoms with Crippen LogP contribution in [0.2, 0.25) is 0 Å². The molecule has 0 saturated heterocycles. The number of hydrogen-bond acceptors (Lipinski definition) is 4. The van der Waals surface area contributed by atoms with Gasteiger partial charge >= 0.3 is 0 Å². The molecule has 70 heavy (non-hydrogen) atoms. The molecule has 0 spiro atoms. The third-order valence-electron chi connectivity index (χ3n) is 14.4. The highest BCUT2D eigenvalue weighted by atomic mass is 16.3. The van der Waals surface area contributed by atoms with Crippen molar-refractivity contribution in [1.82, 2.24) is 0 Å². The van der Waals surface area contributed by atoms with Gasteiger partial charge in [0.15, 0.2) is 0 Å². The van der Waals surface area contributed by atoms with Crippen LogP contribution in [-0.2, 0) is 0 Å². The monoisotopic (exact) mass is 896 g/mol. The third kappa shape index (κ3) is 6.45. The number of nitrogens with zero attached hydrogens (tertiary/aromatic N) is 2. The van der Waals surface area contributed by atoms with Crippen molar-refractivity contribution in [2.24, 2.45) is 0 Å². The summed E-state index contributed by atoms with van der Waals surface area (Å²) >= 11 is 0. The van der Waals surface area contributed by atoms with Gasteiger partial charge in [-0.2, -0.15) is 0 Å². The molecule has 2 aliphatic rings. The molecule has 2 aliphatic carbocycles. The van der Waals surface area contributed by atoms with Gasteiger partial charge in [-0.15, -0.1) is 0 Å². The third-order valence-corrected chi connectivity index (χ3v) is 14.4. The van der Waals surface area contributed by atoms with E-state index in [1.165, 1.54) is 44.5 Å². The largest absolute Gasteiger partial charge is 0.456 e. The van der Waals surface area contributed by atoms with Crippen LogP contribution < -0.4 is 9.80 Å². The molecule has 14 rings (SSSR count). The lowest BCUT2D eigenvalue weighted by atomic mass is 9.88. The molecule has 4 nitrogen and oxygen atoms in total. The van der Waals surface area contributed by atoms with E-state index in [1.54, 1.807) is 0 Å². The van der Waals surface area contributed by atoms with Crippen molar-refractivity contribution in [2.45, 2.75) is 11.8 Å². The number of anilines is 6. The summed E-state index contributed by atoms with van der Waals surface area (Å²) in [5.41, 5.74) is 20.4. The van der Waals surface area contributed by atoms with Gasteiger partial charge in [-0.25, -0.2) is 0 Å². The highest BCUT2D eigenvalue weighted by Gasteiger charge is 2.37. The first-order valence-electron chi connectivity index (χ1n) is 24.1. The van der Waals surface area contributed by atoms with Crippen molar-refractivity contribution in [3.8, 4) is 33.8 Å². The Morgan fingerprint density at radius 2 is 0.614 bits per heavy atom. The molecule has 0 saturated carbocycles. The number of fused-ring (bicyclic) bond motifs is 10. The van der Waals surface area contributed by atoms with Crippen molar-refractivity contribution < 1.29 is 8.83 Å². The zero-order valence-electron chi connectivity index (χ0n) is 38.1. The normalized spacial score (nSPS) is 14.3. The van der Waals surface area contributed by atoms with Gasteiger partial charge < -0.3 is 18.6 Å². The minimum Gasteiger partial charge on any atom is -0.456 e. The maximum absolute atomic E-state index is 6.71. The van der Waals surface area contributed by atoms with Crippen LogP contribution in [0, 0.1) is 0 Å². The van der Waals surface area contributed by atoms with Crippen LogP contribution in [0.1, 0.15) is 45.2 Å². The second-order valence-corrected chi connectivity index (χ2v) is 18.3. The molecule has 2 unspecified atom stereocenters. The molecule has 2 aromatic heterocycles. The Kier molecular flexibility index (Phi) is 9.31. The Hall–Kier alpha value is -9.12. The van der Waals surface area contributed by atoms with E-state index in [4.69, 9.17) is 8.83 Å². The highest BCUT2D eigenvalue weighted by Crippen LogP contribution is 2.55. The first-order chi connectivity index (χ1) is 34.7. The van der Waals surface area contributed by atoms with Crippen molar-refractivity contribution in [2.75, 3.05) is 9.80 Å². The average molecular weight is 897 g/mol. The van der Waals surface area contributed by atoms with Crippen LogP contribution in [0.15, 0.2) is 264 Å². The SMILES string of the molecule is c1ccc(C2c3ccccc3-c3oc4ccc(N(c5ccccc5)c5ccc(-c6ccc(N(c7ccccc7)c7ccc8oc9c(c8c7)C(c7ccccc7)c7ccccc7-9)cc6)cc5)cc4c32)cc1. The van der Waals surface area contributed by atoms with Crippen molar-refractivity contribution in [3.05, 3.63) is 288 Å². The summed E-state index contributed by atoms with van der Waals surface area (Å²) in [6.45, 7) is 0. The zero-order chi connectivity index (χ0) is 46.1. The van der Waals surface area contributed by atoms with Gasteiger partial charge in [0.1, 0.15) is 22.7 Å². The van der Waals surface area contributed by atoms with Gasteiger partial charge in [0.25, 0.3) is 0 Å². The summed E-state index contributed by atoms with van der Waals surface area (Å²) in [5.74, 6) is 2.12. The first kappa shape index (κ1) is 40.0. The smallest absolute Gasteiger partial charge is 0.139 e. The van der Waals surface area contributed by atoms with E-state index in [1.807, 2.05) is 0 Å². The van der Waals surface area contributed by atoms with E-state index in [0.29, 0.717) is 0 Å². The predicted molar refractivity (Wildman–Crippen MR) is 286 cm³/mol. The molecule has 10 aromatic carbocycles. The molecule has 4 heteroatoms. The molecule has 0 N–H and O–H groups in total. The summed E-state index contributed by atoms with van der Waals surface area (Å²) in [6, 6.07) is 91.4. The summed E-state index contributed by atoms with van der Waals surface area (Å²) in [6.07, 6.45) is 0. The molecule has 0 bridgehead atoms. The van der Waals surface area contributed by atoms with Crippen molar-refractivity contribution in [3.63, 3.8) is 0 Å². The van der Waals surface area contributed by atoms with Gasteiger partial charge in [0.05, 0.1) is 0 Å². The van der Waals surface area contributed by atoms with Gasteiger partial charge in [-0.3, -0.25) is 0 Å². The molecule has 330 valence electrons. The fraction of sp³-hybridized carbons (Fsp3) is 0.0303. The van der Waals surface area contributed by atoms with E-state index in [-0.39, 0.29) is 11.8 Å². The zero-order valence-corrected chi connectivity index (χ0v) is 38.1. The molecular formula is C66H44N2O2. The fourth-order valence-corrected chi connectivity index (χ4v) is 11.3. The predicted octanol–water partition coefficient (Wildman–Crippen LogP) is 18.1. The average Bonchev–Trinajstić information content (AvgIpc) is 4.17. The minimum atomic E-state index is 0.0893. The maximum atomic E-state index is 6.71. The van der Waals surface area contributed by atoms with E-state index in [2.05, 4.69) is 265 Å². The number of benzene rings is 10. The number of rotatable bonds is 9. The number of furan rings is 2. The van der Waals surface area contributed by atoms with Crippen LogP contribution in [0.4, 0.5) is 34.1 Å². The van der Waals surface area contributed by atoms with Crippen molar-refractivity contribution >= 4 is 56.1 Å². The Bertz CT molecular complexity index is 3620. The Morgan fingerprint density at radius 1 is 0.286 bits per heavy atom. The van der Waals surface area contributed by atoms with Crippen LogP contribution in [0.3, 0.4) is 0 Å². The van der Waals surface area contributed by atoms with Gasteiger partial charge in [0, 0.05) is 79.0 Å². The Morgan fingerprint density at radius 3 is 1.01 bits per heavy atom. The molecular weight excluding hydrogens is 853 g/mol. The van der Waals surface area contributed by atoms with Crippen LogP contribution in [0.25, 0.3) is 55.7 Å². The highest BCUT2D eigenvalue weighted by molar-refractivity contribution is 5.99. The Balaban J connectivity index is 0.813. The molecule has 0 radical (unpaired) electrons. The maximum Gasteiger partial charge on any atom is 0.139 e. The van der Waals surface area contributed by atoms with Crippen molar-refractivity contribution in [1.29, 1.82) is 0 Å². The van der Waals surface area contributed by atoms with E-state index in [0.717, 1.165) is 78.7 Å². The van der Waals surface area contributed by atoms with E-state index in [9.17, 15) is 0 Å². The number of para-hydroxylation sites is 2. The topological polar surface area (TPSA) is 32.8 Å².